The minimum absolute atomic E-state index is 0.0385. The number of aliphatic carboxylic acids is 1. The molecule has 220 valence electrons. The first-order valence-electron chi connectivity index (χ1n) is 13.0. The number of likely N-dealkylation sites (N-methyl/N-ethyl adjacent to an activating group) is 1. The van der Waals surface area contributed by atoms with Crippen molar-refractivity contribution in [3.8, 4) is 11.1 Å². The number of fused-ring (bicyclic) bond motifs is 3. The summed E-state index contributed by atoms with van der Waals surface area (Å²) in [5.74, 6) is -3.45. The first-order chi connectivity index (χ1) is 19.3. The molecule has 1 aliphatic rings. The third-order valence-electron chi connectivity index (χ3n) is 6.41. The zero-order valence-electron chi connectivity index (χ0n) is 23.6. The maximum absolute atomic E-state index is 13.1. The standard InChI is InChI=1S/C29H35N3O9/c1-29(2,3)41-27(37)30-15-22(26(36)39-5)31-25(35)23(14-24(33)34)32(4)28(38)40-16-21-19-12-8-6-10-17(19)18-11-7-9-13-20(18)21/h6-13,21-23H,14-16H2,1-5H3,(H,30,37)(H,31,35)(H,33,34)/t22-,23?/m0/s1. The van der Waals surface area contributed by atoms with Crippen molar-refractivity contribution in [2.24, 2.45) is 0 Å². The lowest BCUT2D eigenvalue weighted by Crippen LogP contribution is -2.56. The largest absolute Gasteiger partial charge is 0.481 e. The highest BCUT2D eigenvalue weighted by Gasteiger charge is 2.35. The van der Waals surface area contributed by atoms with E-state index in [2.05, 4.69) is 10.6 Å². The Morgan fingerprint density at radius 1 is 0.976 bits per heavy atom. The average molecular weight is 570 g/mol. The van der Waals surface area contributed by atoms with Gasteiger partial charge in [0, 0.05) is 13.0 Å². The molecule has 1 aliphatic carbocycles. The summed E-state index contributed by atoms with van der Waals surface area (Å²) >= 11 is 0. The summed E-state index contributed by atoms with van der Waals surface area (Å²) < 4.78 is 15.4. The van der Waals surface area contributed by atoms with Gasteiger partial charge in [-0.1, -0.05) is 48.5 Å². The predicted octanol–water partition coefficient (Wildman–Crippen LogP) is 2.89. The minimum atomic E-state index is -1.53. The van der Waals surface area contributed by atoms with Crippen molar-refractivity contribution in [1.82, 2.24) is 15.5 Å². The van der Waals surface area contributed by atoms with Crippen LogP contribution >= 0.6 is 0 Å². The van der Waals surface area contributed by atoms with Gasteiger partial charge in [0.15, 0.2) is 0 Å². The van der Waals surface area contributed by atoms with Crippen LogP contribution in [0.2, 0.25) is 0 Å². The number of amides is 3. The lowest BCUT2D eigenvalue weighted by Gasteiger charge is -2.28. The summed E-state index contributed by atoms with van der Waals surface area (Å²) in [5.41, 5.74) is 3.25. The van der Waals surface area contributed by atoms with E-state index in [-0.39, 0.29) is 12.5 Å². The van der Waals surface area contributed by atoms with Crippen LogP contribution in [-0.4, -0.2) is 85.0 Å². The number of esters is 1. The average Bonchev–Trinajstić information content (AvgIpc) is 3.24. The SMILES string of the molecule is COC(=O)[C@H](CNC(=O)OC(C)(C)C)NC(=O)C(CC(=O)O)N(C)C(=O)OCC1c2ccccc2-c2ccccc21. The number of benzene rings is 2. The highest BCUT2D eigenvalue weighted by Crippen LogP contribution is 2.44. The van der Waals surface area contributed by atoms with Crippen LogP contribution in [0.1, 0.15) is 44.2 Å². The van der Waals surface area contributed by atoms with Crippen molar-refractivity contribution in [1.29, 1.82) is 0 Å². The second-order valence-electron chi connectivity index (χ2n) is 10.5. The fourth-order valence-corrected chi connectivity index (χ4v) is 4.50. The molecule has 0 heterocycles. The molecule has 2 atom stereocenters. The van der Waals surface area contributed by atoms with E-state index in [9.17, 15) is 29.1 Å². The Morgan fingerprint density at radius 2 is 1.54 bits per heavy atom. The number of carbonyl (C=O) groups excluding carboxylic acids is 4. The quantitative estimate of drug-likeness (QED) is 0.289. The number of carbonyl (C=O) groups is 5. The fraction of sp³-hybridized carbons (Fsp3) is 0.414. The lowest BCUT2D eigenvalue weighted by atomic mass is 9.98. The van der Waals surface area contributed by atoms with Crippen LogP contribution in [0.15, 0.2) is 48.5 Å². The number of carboxylic acid groups (broad SMARTS) is 1. The molecule has 0 aliphatic heterocycles. The number of ether oxygens (including phenoxy) is 3. The van der Waals surface area contributed by atoms with Gasteiger partial charge >= 0.3 is 24.1 Å². The summed E-state index contributed by atoms with van der Waals surface area (Å²) in [6.07, 6.45) is -2.52. The number of alkyl carbamates (subject to hydrolysis) is 1. The zero-order chi connectivity index (χ0) is 30.3. The van der Waals surface area contributed by atoms with Crippen molar-refractivity contribution in [3.05, 3.63) is 59.7 Å². The van der Waals surface area contributed by atoms with E-state index in [0.717, 1.165) is 34.3 Å². The topological polar surface area (TPSA) is 161 Å². The first-order valence-corrected chi connectivity index (χ1v) is 13.0. The number of hydrogen-bond donors (Lipinski definition) is 3. The molecular formula is C29H35N3O9. The van der Waals surface area contributed by atoms with Gasteiger partial charge in [0.1, 0.15) is 24.3 Å². The Morgan fingerprint density at radius 3 is 2.05 bits per heavy atom. The van der Waals surface area contributed by atoms with Crippen molar-refractivity contribution in [2.75, 3.05) is 27.3 Å². The second-order valence-corrected chi connectivity index (χ2v) is 10.5. The summed E-state index contributed by atoms with van der Waals surface area (Å²) in [5, 5.41) is 14.1. The van der Waals surface area contributed by atoms with Crippen LogP contribution in [0.4, 0.5) is 9.59 Å². The Kier molecular flexibility index (Phi) is 9.93. The molecule has 2 aromatic rings. The molecule has 0 spiro atoms. The van der Waals surface area contributed by atoms with Gasteiger partial charge in [0.2, 0.25) is 5.91 Å². The van der Waals surface area contributed by atoms with Gasteiger partial charge in [-0.3, -0.25) is 14.5 Å². The third kappa shape index (κ3) is 7.96. The van der Waals surface area contributed by atoms with Gasteiger partial charge in [-0.2, -0.15) is 0 Å². The Bertz CT molecular complexity index is 1260. The molecule has 0 aromatic heterocycles. The molecular weight excluding hydrogens is 534 g/mol. The summed E-state index contributed by atoms with van der Waals surface area (Å²) in [7, 11) is 2.32. The summed E-state index contributed by atoms with van der Waals surface area (Å²) in [6.45, 7) is 4.52. The zero-order valence-corrected chi connectivity index (χ0v) is 23.6. The van der Waals surface area contributed by atoms with Crippen LogP contribution in [0.25, 0.3) is 11.1 Å². The number of rotatable bonds is 10. The highest BCUT2D eigenvalue weighted by atomic mass is 16.6. The molecule has 0 saturated heterocycles. The summed E-state index contributed by atoms with van der Waals surface area (Å²) in [4.78, 5) is 63.0. The Hall–Kier alpha value is -4.61. The smallest absolute Gasteiger partial charge is 0.410 e. The molecule has 0 radical (unpaired) electrons. The first kappa shape index (κ1) is 30.9. The van der Waals surface area contributed by atoms with E-state index in [1.807, 2.05) is 48.5 Å². The number of nitrogens with zero attached hydrogens (tertiary/aromatic N) is 1. The van der Waals surface area contributed by atoms with Crippen LogP contribution in [-0.2, 0) is 28.6 Å². The number of hydrogen-bond acceptors (Lipinski definition) is 8. The monoisotopic (exact) mass is 569 g/mol. The Labute approximate surface area is 237 Å². The van der Waals surface area contributed by atoms with Crippen molar-refractivity contribution >= 4 is 30.0 Å². The molecule has 12 nitrogen and oxygen atoms in total. The van der Waals surface area contributed by atoms with Crippen LogP contribution < -0.4 is 10.6 Å². The van der Waals surface area contributed by atoms with Crippen molar-refractivity contribution in [3.63, 3.8) is 0 Å². The van der Waals surface area contributed by atoms with Gasteiger partial charge in [-0.05, 0) is 43.0 Å². The molecule has 3 rings (SSSR count). The number of carboxylic acids is 1. The van der Waals surface area contributed by atoms with Gasteiger partial charge in [0.25, 0.3) is 0 Å². The normalized spacial score (nSPS) is 13.6. The minimum Gasteiger partial charge on any atom is -0.481 e. The fourth-order valence-electron chi connectivity index (χ4n) is 4.50. The number of methoxy groups -OCH3 is 1. The van der Waals surface area contributed by atoms with Crippen LogP contribution in [0.5, 0.6) is 0 Å². The van der Waals surface area contributed by atoms with Gasteiger partial charge < -0.3 is 30.0 Å². The maximum atomic E-state index is 13.1. The molecule has 0 saturated carbocycles. The molecule has 12 heteroatoms. The van der Waals surface area contributed by atoms with Crippen LogP contribution in [0.3, 0.4) is 0 Å². The molecule has 2 aromatic carbocycles. The molecule has 3 amide bonds. The van der Waals surface area contributed by atoms with E-state index in [4.69, 9.17) is 14.2 Å². The predicted molar refractivity (Wildman–Crippen MR) is 147 cm³/mol. The van der Waals surface area contributed by atoms with Gasteiger partial charge in [0.05, 0.1) is 20.1 Å². The van der Waals surface area contributed by atoms with E-state index in [1.165, 1.54) is 7.05 Å². The van der Waals surface area contributed by atoms with E-state index in [1.54, 1.807) is 20.8 Å². The molecule has 1 unspecified atom stereocenters. The van der Waals surface area contributed by atoms with Gasteiger partial charge in [-0.15, -0.1) is 0 Å². The van der Waals surface area contributed by atoms with Gasteiger partial charge in [-0.25, -0.2) is 14.4 Å². The van der Waals surface area contributed by atoms with E-state index >= 15 is 0 Å². The molecule has 3 N–H and O–H groups in total. The van der Waals surface area contributed by atoms with E-state index < -0.39 is 60.7 Å². The Balaban J connectivity index is 1.70. The van der Waals surface area contributed by atoms with E-state index in [0.29, 0.717) is 0 Å². The molecule has 41 heavy (non-hydrogen) atoms. The molecule has 0 fully saturated rings. The van der Waals surface area contributed by atoms with Crippen molar-refractivity contribution in [2.45, 2.75) is 50.8 Å². The summed E-state index contributed by atoms with van der Waals surface area (Å²) in [6, 6.07) is 12.6. The molecule has 0 bridgehead atoms. The maximum Gasteiger partial charge on any atom is 0.410 e. The van der Waals surface area contributed by atoms with Crippen molar-refractivity contribution < 1.29 is 43.3 Å². The third-order valence-corrected chi connectivity index (χ3v) is 6.41. The second kappa shape index (κ2) is 13.2. The number of nitrogens with one attached hydrogen (secondary N) is 2. The van der Waals surface area contributed by atoms with Crippen LogP contribution in [0, 0.1) is 0 Å². The lowest BCUT2D eigenvalue weighted by molar-refractivity contribution is -0.146. The highest BCUT2D eigenvalue weighted by molar-refractivity contribution is 5.92.